The topological polar surface area (TPSA) is 32.1 Å². The van der Waals surface area contributed by atoms with Crippen molar-refractivity contribution in [3.8, 4) is 0 Å². The monoisotopic (exact) mass is 227 g/mol. The summed E-state index contributed by atoms with van der Waals surface area (Å²) < 4.78 is 1.79. The molecule has 1 saturated heterocycles. The molecule has 0 radical (unpaired) electrons. The van der Waals surface area contributed by atoms with Gasteiger partial charge in [0.2, 0.25) is 5.91 Å². The fraction of sp³-hybridized carbons (Fsp3) is 0.143. The number of amides is 1. The molecule has 1 fully saturated rings. The van der Waals surface area contributed by atoms with Crippen molar-refractivity contribution >= 4 is 12.6 Å². The number of nitrogens with zero attached hydrogens (tertiary/aromatic N) is 1. The Morgan fingerprint density at radius 2 is 2.06 bits per heavy atom. The van der Waals surface area contributed by atoms with Gasteiger partial charge in [-0.05, 0) is 5.57 Å². The van der Waals surface area contributed by atoms with Crippen LogP contribution in [-0.4, -0.2) is 17.2 Å². The van der Waals surface area contributed by atoms with Crippen molar-refractivity contribution < 1.29 is 9.37 Å². The highest BCUT2D eigenvalue weighted by molar-refractivity contribution is 5.86. The number of benzene rings is 1. The van der Waals surface area contributed by atoms with Crippen LogP contribution in [0.3, 0.4) is 0 Å². The first kappa shape index (κ1) is 11.3. The Bertz CT molecular complexity index is 500. The molecule has 1 N–H and O–H groups in total. The van der Waals surface area contributed by atoms with Crippen LogP contribution in [0.1, 0.15) is 12.0 Å². The molecule has 0 aliphatic carbocycles. The lowest BCUT2D eigenvalue weighted by Crippen LogP contribution is -2.14. The average molecular weight is 227 g/mol. The van der Waals surface area contributed by atoms with Crippen molar-refractivity contribution in [2.24, 2.45) is 0 Å². The van der Waals surface area contributed by atoms with E-state index in [1.54, 1.807) is 4.58 Å². The van der Waals surface area contributed by atoms with Crippen LogP contribution in [0.5, 0.6) is 0 Å². The Hall–Kier alpha value is -2.16. The molecular formula is C14H15N2O+. The summed E-state index contributed by atoms with van der Waals surface area (Å²) in [6.07, 6.45) is 2.20. The van der Waals surface area contributed by atoms with Crippen LogP contribution in [0.25, 0.3) is 0 Å². The van der Waals surface area contributed by atoms with E-state index in [2.05, 4.69) is 18.6 Å². The van der Waals surface area contributed by atoms with Crippen molar-refractivity contribution in [1.29, 1.82) is 0 Å². The lowest BCUT2D eigenvalue weighted by atomic mass is 10.2. The standard InChI is InChI=1S/C14H14N2O/c1-11-8-14(17)15-13(11)10-16(2)9-12-6-4-3-5-7-12/h3-7,10H,1-2,8-9H2/p+1/b13-10+. The second kappa shape index (κ2) is 4.78. The molecule has 0 spiro atoms. The maximum Gasteiger partial charge on any atom is 0.229 e. The zero-order chi connectivity index (χ0) is 12.3. The minimum atomic E-state index is -0.00522. The lowest BCUT2D eigenvalue weighted by molar-refractivity contribution is -0.465. The molecule has 17 heavy (non-hydrogen) atoms. The Kier molecular flexibility index (Phi) is 3.19. The Labute approximate surface area is 101 Å². The summed E-state index contributed by atoms with van der Waals surface area (Å²) in [5.41, 5.74) is 2.76. The van der Waals surface area contributed by atoms with Gasteiger partial charge in [-0.25, -0.2) is 4.58 Å². The van der Waals surface area contributed by atoms with E-state index in [1.807, 2.05) is 36.5 Å². The van der Waals surface area contributed by atoms with Crippen LogP contribution in [0, 0.1) is 0 Å². The molecule has 0 bridgehead atoms. The predicted octanol–water partition coefficient (Wildman–Crippen LogP) is 1.82. The molecule has 1 aliphatic rings. The van der Waals surface area contributed by atoms with Gasteiger partial charge in [0.25, 0.3) is 0 Å². The first-order valence-corrected chi connectivity index (χ1v) is 5.46. The molecule has 1 aromatic carbocycles. The third-order valence-electron chi connectivity index (χ3n) is 2.57. The fourth-order valence-corrected chi connectivity index (χ4v) is 1.74. The molecule has 3 nitrogen and oxygen atoms in total. The van der Waals surface area contributed by atoms with Crippen molar-refractivity contribution in [2.75, 3.05) is 0 Å². The van der Waals surface area contributed by atoms with Gasteiger partial charge in [-0.2, -0.15) is 0 Å². The summed E-state index contributed by atoms with van der Waals surface area (Å²) >= 11 is 0. The number of hydrogen-bond donors (Lipinski definition) is 1. The quantitative estimate of drug-likeness (QED) is 0.620. The summed E-state index contributed by atoms with van der Waals surface area (Å²) in [5, 5.41) is 2.76. The third-order valence-corrected chi connectivity index (χ3v) is 2.57. The highest BCUT2D eigenvalue weighted by atomic mass is 16.1. The Morgan fingerprint density at radius 1 is 1.35 bits per heavy atom. The van der Waals surface area contributed by atoms with Crippen LogP contribution in [0.4, 0.5) is 0 Å². The van der Waals surface area contributed by atoms with E-state index in [-0.39, 0.29) is 5.91 Å². The van der Waals surface area contributed by atoms with E-state index in [9.17, 15) is 4.79 Å². The van der Waals surface area contributed by atoms with E-state index in [4.69, 9.17) is 0 Å². The molecule has 1 aliphatic heterocycles. The molecule has 0 saturated carbocycles. The van der Waals surface area contributed by atoms with E-state index in [1.165, 1.54) is 5.56 Å². The van der Waals surface area contributed by atoms with E-state index in [0.717, 1.165) is 11.3 Å². The van der Waals surface area contributed by atoms with Crippen LogP contribution >= 0.6 is 0 Å². The molecule has 0 aromatic heterocycles. The molecule has 0 atom stereocenters. The average Bonchev–Trinajstić information content (AvgIpc) is 2.58. The van der Waals surface area contributed by atoms with Gasteiger partial charge in [-0.15, -0.1) is 0 Å². The van der Waals surface area contributed by atoms with Gasteiger partial charge in [-0.1, -0.05) is 36.9 Å². The van der Waals surface area contributed by atoms with E-state index < -0.39 is 0 Å². The van der Waals surface area contributed by atoms with E-state index in [0.29, 0.717) is 13.0 Å². The number of carbonyl (C=O) groups excluding carboxylic acids is 1. The molecule has 86 valence electrons. The minimum absolute atomic E-state index is 0.00522. The molecule has 0 unspecified atom stereocenters. The van der Waals surface area contributed by atoms with Crippen molar-refractivity contribution in [3.05, 3.63) is 59.9 Å². The second-order valence-corrected chi connectivity index (χ2v) is 4.10. The number of allylic oxidation sites excluding steroid dienone is 1. The molecule has 1 aromatic rings. The minimum Gasteiger partial charge on any atom is -0.321 e. The number of carbonyl (C=O) groups is 1. The Morgan fingerprint density at radius 3 is 2.65 bits per heavy atom. The van der Waals surface area contributed by atoms with Gasteiger partial charge in [0.15, 0.2) is 12.7 Å². The highest BCUT2D eigenvalue weighted by Crippen LogP contribution is 2.16. The molecule has 2 rings (SSSR count). The molecule has 1 heterocycles. The van der Waals surface area contributed by atoms with Gasteiger partial charge in [0.1, 0.15) is 12.4 Å². The SMILES string of the molecule is C=C1CC(=O)N/C1=C/[N+](=C)Cc1ccccc1. The summed E-state index contributed by atoms with van der Waals surface area (Å²) in [5.74, 6) is -0.00522. The fourth-order valence-electron chi connectivity index (χ4n) is 1.74. The highest BCUT2D eigenvalue weighted by Gasteiger charge is 2.20. The maximum atomic E-state index is 11.2. The maximum absolute atomic E-state index is 11.2. The zero-order valence-corrected chi connectivity index (χ0v) is 9.65. The van der Waals surface area contributed by atoms with Crippen molar-refractivity contribution in [2.45, 2.75) is 13.0 Å². The van der Waals surface area contributed by atoms with Gasteiger partial charge in [-0.3, -0.25) is 4.79 Å². The summed E-state index contributed by atoms with van der Waals surface area (Å²) in [4.78, 5) is 11.2. The summed E-state index contributed by atoms with van der Waals surface area (Å²) in [6, 6.07) is 10.0. The third kappa shape index (κ3) is 2.91. The molecular weight excluding hydrogens is 212 g/mol. The van der Waals surface area contributed by atoms with Gasteiger partial charge in [0.05, 0.1) is 6.42 Å². The van der Waals surface area contributed by atoms with Gasteiger partial charge >= 0.3 is 0 Å². The normalized spacial score (nSPS) is 17.3. The van der Waals surface area contributed by atoms with Gasteiger partial charge < -0.3 is 5.32 Å². The summed E-state index contributed by atoms with van der Waals surface area (Å²) in [7, 11) is 0. The zero-order valence-electron chi connectivity index (χ0n) is 9.65. The molecule has 3 heteroatoms. The first-order valence-electron chi connectivity index (χ1n) is 5.46. The van der Waals surface area contributed by atoms with Crippen LogP contribution in [0.2, 0.25) is 0 Å². The number of rotatable bonds is 3. The second-order valence-electron chi connectivity index (χ2n) is 4.10. The van der Waals surface area contributed by atoms with Crippen molar-refractivity contribution in [3.63, 3.8) is 0 Å². The summed E-state index contributed by atoms with van der Waals surface area (Å²) in [6.45, 7) is 8.46. The van der Waals surface area contributed by atoms with Crippen LogP contribution < -0.4 is 5.32 Å². The predicted molar refractivity (Wildman–Crippen MR) is 67.5 cm³/mol. The number of hydrogen-bond acceptors (Lipinski definition) is 1. The lowest BCUT2D eigenvalue weighted by Gasteiger charge is -1.99. The van der Waals surface area contributed by atoms with Crippen LogP contribution in [-0.2, 0) is 11.3 Å². The van der Waals surface area contributed by atoms with Crippen molar-refractivity contribution in [1.82, 2.24) is 5.32 Å². The van der Waals surface area contributed by atoms with E-state index >= 15 is 0 Å². The smallest absolute Gasteiger partial charge is 0.229 e. The van der Waals surface area contributed by atoms with Crippen LogP contribution in [0.15, 0.2) is 54.4 Å². The van der Waals surface area contributed by atoms with Gasteiger partial charge in [0, 0.05) is 5.56 Å². The first-order chi connectivity index (χ1) is 8.15. The molecule has 1 amide bonds. The number of nitrogens with one attached hydrogen (secondary N) is 1. The Balaban J connectivity index is 2.05. The largest absolute Gasteiger partial charge is 0.321 e.